The molecular weight excluding hydrogens is 210 g/mol. The summed E-state index contributed by atoms with van der Waals surface area (Å²) in [7, 11) is 0. The van der Waals surface area contributed by atoms with E-state index in [1.165, 1.54) is 0 Å². The van der Waals surface area contributed by atoms with Crippen LogP contribution in [0.15, 0.2) is 0 Å². The lowest BCUT2D eigenvalue weighted by molar-refractivity contribution is -0.125. The molecule has 88 valence electrons. The zero-order chi connectivity index (χ0) is 11.4. The largest absolute Gasteiger partial charge is 0.298 e. The van der Waals surface area contributed by atoms with Gasteiger partial charge < -0.3 is 0 Å². The first kappa shape index (κ1) is 16.9. The average Bonchev–Trinajstić information content (AvgIpc) is 2.12. The fourth-order valence-electron chi connectivity index (χ4n) is 0.819. The Hall–Kier alpha value is -0.520. The Morgan fingerprint density at radius 1 is 1.33 bits per heavy atom. The van der Waals surface area contributed by atoms with E-state index < -0.39 is 0 Å². The van der Waals surface area contributed by atoms with Crippen LogP contribution in [0.3, 0.4) is 0 Å². The van der Waals surface area contributed by atoms with Gasteiger partial charge in [0.25, 0.3) is 0 Å². The molecule has 1 atom stereocenters. The van der Waals surface area contributed by atoms with Gasteiger partial charge in [0.2, 0.25) is 0 Å². The highest BCUT2D eigenvalue weighted by Gasteiger charge is 2.24. The Bertz CT molecular complexity index is 249. The molecular formula is C12H22ClNO. The molecule has 2 nitrogen and oxygen atoms in total. The van der Waals surface area contributed by atoms with Gasteiger partial charge in [0.1, 0.15) is 0 Å². The fraction of sp³-hybridized carbons (Fsp3) is 0.750. The maximum Gasteiger partial charge on any atom is 0.151 e. The molecule has 1 N–H and O–H groups in total. The third kappa shape index (κ3) is 5.81. The zero-order valence-corrected chi connectivity index (χ0v) is 11.1. The number of hydrogen-bond acceptors (Lipinski definition) is 2. The standard InChI is InChI=1S/C12H21NO.ClH/c1-7-12(6,8-2)13-9-10(14)11(3,4)5;/h1,13H,8-9H2,2-6H3;1H. The van der Waals surface area contributed by atoms with Crippen LogP contribution >= 0.6 is 12.4 Å². The van der Waals surface area contributed by atoms with Crippen molar-refractivity contribution >= 4 is 18.2 Å². The molecule has 0 amide bonds. The highest BCUT2D eigenvalue weighted by Crippen LogP contribution is 2.15. The Balaban J connectivity index is 0. The Labute approximate surface area is 99.6 Å². The quantitative estimate of drug-likeness (QED) is 0.753. The molecule has 0 fully saturated rings. The van der Waals surface area contributed by atoms with Crippen LogP contribution in [0, 0.1) is 17.8 Å². The molecule has 0 saturated heterocycles. The summed E-state index contributed by atoms with van der Waals surface area (Å²) >= 11 is 0. The molecule has 0 aliphatic rings. The van der Waals surface area contributed by atoms with Crippen LogP contribution in [-0.4, -0.2) is 17.9 Å². The van der Waals surface area contributed by atoms with E-state index in [1.807, 2.05) is 34.6 Å². The topological polar surface area (TPSA) is 29.1 Å². The Kier molecular flexibility index (Phi) is 6.92. The summed E-state index contributed by atoms with van der Waals surface area (Å²) in [6.07, 6.45) is 6.21. The first-order chi connectivity index (χ1) is 6.25. The van der Waals surface area contributed by atoms with E-state index in [1.54, 1.807) is 0 Å². The SMILES string of the molecule is C#CC(C)(CC)NCC(=O)C(C)(C)C.Cl. The van der Waals surface area contributed by atoms with E-state index in [-0.39, 0.29) is 29.1 Å². The van der Waals surface area contributed by atoms with Crippen molar-refractivity contribution < 1.29 is 4.79 Å². The molecule has 0 aromatic carbocycles. The van der Waals surface area contributed by atoms with Crippen molar-refractivity contribution in [2.45, 2.75) is 46.6 Å². The molecule has 0 aliphatic heterocycles. The first-order valence-corrected chi connectivity index (χ1v) is 5.01. The Morgan fingerprint density at radius 3 is 2.07 bits per heavy atom. The van der Waals surface area contributed by atoms with Crippen LogP contribution in [0.2, 0.25) is 0 Å². The average molecular weight is 232 g/mol. The van der Waals surface area contributed by atoms with Gasteiger partial charge in [-0.15, -0.1) is 18.8 Å². The fourth-order valence-corrected chi connectivity index (χ4v) is 0.819. The van der Waals surface area contributed by atoms with Crippen molar-refractivity contribution in [2.24, 2.45) is 5.41 Å². The van der Waals surface area contributed by atoms with Gasteiger partial charge in [-0.2, -0.15) is 0 Å². The summed E-state index contributed by atoms with van der Waals surface area (Å²) in [5.74, 6) is 2.86. The minimum Gasteiger partial charge on any atom is -0.298 e. The van der Waals surface area contributed by atoms with Gasteiger partial charge in [-0.1, -0.05) is 33.6 Å². The summed E-state index contributed by atoms with van der Waals surface area (Å²) in [6.45, 7) is 10.0. The van der Waals surface area contributed by atoms with Gasteiger partial charge in [-0.05, 0) is 13.3 Å². The number of carbonyl (C=O) groups is 1. The van der Waals surface area contributed by atoms with E-state index in [0.717, 1.165) is 6.42 Å². The predicted octanol–water partition coefficient (Wildman–Crippen LogP) is 2.41. The summed E-state index contributed by atoms with van der Waals surface area (Å²) < 4.78 is 0. The number of halogens is 1. The summed E-state index contributed by atoms with van der Waals surface area (Å²) in [5.41, 5.74) is -0.656. The second kappa shape index (κ2) is 6.15. The van der Waals surface area contributed by atoms with E-state index in [4.69, 9.17) is 6.42 Å². The van der Waals surface area contributed by atoms with Crippen LogP contribution < -0.4 is 5.32 Å². The van der Waals surface area contributed by atoms with E-state index in [9.17, 15) is 4.79 Å². The molecule has 0 aliphatic carbocycles. The maximum atomic E-state index is 11.6. The Morgan fingerprint density at radius 2 is 1.80 bits per heavy atom. The third-order valence-corrected chi connectivity index (χ3v) is 2.50. The second-order valence-electron chi connectivity index (χ2n) is 4.86. The van der Waals surface area contributed by atoms with Crippen LogP contribution in [-0.2, 0) is 4.79 Å². The molecule has 15 heavy (non-hydrogen) atoms. The second-order valence-corrected chi connectivity index (χ2v) is 4.86. The van der Waals surface area contributed by atoms with Crippen LogP contribution in [0.1, 0.15) is 41.0 Å². The smallest absolute Gasteiger partial charge is 0.151 e. The monoisotopic (exact) mass is 231 g/mol. The van der Waals surface area contributed by atoms with E-state index >= 15 is 0 Å². The number of hydrogen-bond donors (Lipinski definition) is 1. The van der Waals surface area contributed by atoms with Crippen LogP contribution in [0.4, 0.5) is 0 Å². The van der Waals surface area contributed by atoms with Crippen molar-refractivity contribution in [1.29, 1.82) is 0 Å². The lowest BCUT2D eigenvalue weighted by Gasteiger charge is -2.25. The number of ketones is 1. The highest BCUT2D eigenvalue weighted by atomic mass is 35.5. The van der Waals surface area contributed by atoms with Gasteiger partial charge in [0.15, 0.2) is 5.78 Å². The molecule has 1 unspecified atom stereocenters. The molecule has 0 bridgehead atoms. The number of nitrogens with one attached hydrogen (secondary N) is 1. The van der Waals surface area contributed by atoms with Gasteiger partial charge >= 0.3 is 0 Å². The molecule has 0 aromatic rings. The molecule has 3 heteroatoms. The summed E-state index contributed by atoms with van der Waals surface area (Å²) in [6, 6.07) is 0. The number of rotatable bonds is 4. The number of terminal acetylenes is 1. The molecule has 0 radical (unpaired) electrons. The highest BCUT2D eigenvalue weighted by molar-refractivity contribution is 5.85. The molecule has 0 saturated carbocycles. The van der Waals surface area contributed by atoms with Crippen molar-refractivity contribution in [3.8, 4) is 12.3 Å². The lowest BCUT2D eigenvalue weighted by Crippen LogP contribution is -2.45. The van der Waals surface area contributed by atoms with E-state index in [0.29, 0.717) is 6.54 Å². The minimum atomic E-state index is -0.360. The normalized spacial score (nSPS) is 14.7. The minimum absolute atomic E-state index is 0. The first-order valence-electron chi connectivity index (χ1n) is 5.01. The van der Waals surface area contributed by atoms with Crippen molar-refractivity contribution in [2.75, 3.05) is 6.54 Å². The van der Waals surface area contributed by atoms with Gasteiger partial charge in [-0.3, -0.25) is 10.1 Å². The number of Topliss-reactive ketones (excluding diaryl/α,β-unsaturated/α-hetero) is 1. The van der Waals surface area contributed by atoms with Gasteiger partial charge in [0.05, 0.1) is 12.1 Å². The molecule has 0 spiro atoms. The maximum absolute atomic E-state index is 11.6. The lowest BCUT2D eigenvalue weighted by atomic mass is 9.90. The van der Waals surface area contributed by atoms with Crippen LogP contribution in [0.5, 0.6) is 0 Å². The van der Waals surface area contributed by atoms with Crippen molar-refractivity contribution in [1.82, 2.24) is 5.32 Å². The van der Waals surface area contributed by atoms with E-state index in [2.05, 4.69) is 11.2 Å². The van der Waals surface area contributed by atoms with Crippen molar-refractivity contribution in [3.63, 3.8) is 0 Å². The molecule has 0 heterocycles. The predicted molar refractivity (Wildman–Crippen MR) is 67.2 cm³/mol. The van der Waals surface area contributed by atoms with Crippen molar-refractivity contribution in [3.05, 3.63) is 0 Å². The van der Waals surface area contributed by atoms with Gasteiger partial charge in [0, 0.05) is 5.41 Å². The molecule has 0 aromatic heterocycles. The van der Waals surface area contributed by atoms with Gasteiger partial charge in [-0.25, -0.2) is 0 Å². The zero-order valence-electron chi connectivity index (χ0n) is 10.3. The number of carbonyl (C=O) groups excluding carboxylic acids is 1. The summed E-state index contributed by atoms with van der Waals surface area (Å²) in [5, 5.41) is 3.12. The van der Waals surface area contributed by atoms with Crippen LogP contribution in [0.25, 0.3) is 0 Å². The molecule has 0 rings (SSSR count). The summed E-state index contributed by atoms with van der Waals surface area (Å²) in [4.78, 5) is 11.6. The third-order valence-electron chi connectivity index (χ3n) is 2.50.